The van der Waals surface area contributed by atoms with Gasteiger partial charge >= 0.3 is 0 Å². The van der Waals surface area contributed by atoms with E-state index in [1.807, 2.05) is 5.51 Å². The molecule has 1 aromatic rings. The molecule has 0 spiro atoms. The molecule has 78 valence electrons. The minimum absolute atomic E-state index is 0.613. The SMILES string of the molecule is NCC1CCCC1NCc1cscn1. The summed E-state index contributed by atoms with van der Waals surface area (Å²) < 4.78 is 0. The average molecular weight is 211 g/mol. The highest BCUT2D eigenvalue weighted by Crippen LogP contribution is 2.24. The molecule has 1 aromatic heterocycles. The van der Waals surface area contributed by atoms with Gasteiger partial charge in [-0.2, -0.15) is 0 Å². The smallest absolute Gasteiger partial charge is 0.0795 e. The van der Waals surface area contributed by atoms with Crippen LogP contribution in [0.3, 0.4) is 0 Å². The number of hydrogen-bond acceptors (Lipinski definition) is 4. The number of nitrogens with two attached hydrogens (primary N) is 1. The maximum atomic E-state index is 5.72. The number of rotatable bonds is 4. The maximum absolute atomic E-state index is 5.72. The molecule has 1 aliphatic rings. The molecular weight excluding hydrogens is 194 g/mol. The Morgan fingerprint density at radius 3 is 3.21 bits per heavy atom. The van der Waals surface area contributed by atoms with E-state index in [2.05, 4.69) is 15.7 Å². The Bertz CT molecular complexity index is 260. The van der Waals surface area contributed by atoms with Crippen LogP contribution in [0, 0.1) is 5.92 Å². The van der Waals surface area contributed by atoms with Gasteiger partial charge in [-0.25, -0.2) is 4.98 Å². The highest BCUT2D eigenvalue weighted by Gasteiger charge is 2.25. The van der Waals surface area contributed by atoms with Crippen LogP contribution in [0.5, 0.6) is 0 Å². The topological polar surface area (TPSA) is 50.9 Å². The fourth-order valence-electron chi connectivity index (χ4n) is 2.15. The molecule has 0 saturated heterocycles. The Kier molecular flexibility index (Phi) is 3.50. The third-order valence-corrected chi connectivity index (χ3v) is 3.63. The van der Waals surface area contributed by atoms with Crippen LogP contribution >= 0.6 is 11.3 Å². The zero-order valence-electron chi connectivity index (χ0n) is 8.28. The van der Waals surface area contributed by atoms with Crippen LogP contribution in [0.25, 0.3) is 0 Å². The summed E-state index contributed by atoms with van der Waals surface area (Å²) in [6.07, 6.45) is 3.87. The summed E-state index contributed by atoms with van der Waals surface area (Å²) in [6, 6.07) is 0.613. The van der Waals surface area contributed by atoms with Crippen LogP contribution in [0.15, 0.2) is 10.9 Å². The molecule has 0 aromatic carbocycles. The van der Waals surface area contributed by atoms with Crippen LogP contribution < -0.4 is 11.1 Å². The number of nitrogens with one attached hydrogen (secondary N) is 1. The molecule has 3 nitrogen and oxygen atoms in total. The zero-order valence-corrected chi connectivity index (χ0v) is 9.09. The van der Waals surface area contributed by atoms with Gasteiger partial charge in [0.2, 0.25) is 0 Å². The lowest BCUT2D eigenvalue weighted by Gasteiger charge is -2.18. The summed E-state index contributed by atoms with van der Waals surface area (Å²) in [6.45, 7) is 1.71. The van der Waals surface area contributed by atoms with E-state index in [-0.39, 0.29) is 0 Å². The first kappa shape index (κ1) is 10.1. The molecule has 1 fully saturated rings. The van der Waals surface area contributed by atoms with E-state index in [1.54, 1.807) is 11.3 Å². The Labute approximate surface area is 88.7 Å². The molecule has 4 heteroatoms. The first-order valence-electron chi connectivity index (χ1n) is 5.20. The van der Waals surface area contributed by atoms with Gasteiger partial charge in [0.25, 0.3) is 0 Å². The standard InChI is InChI=1S/C10H17N3S/c11-4-8-2-1-3-10(8)12-5-9-6-14-7-13-9/h6-8,10,12H,1-5,11H2. The summed E-state index contributed by atoms with van der Waals surface area (Å²) in [5.41, 5.74) is 8.75. The summed E-state index contributed by atoms with van der Waals surface area (Å²) >= 11 is 1.65. The molecule has 2 rings (SSSR count). The van der Waals surface area contributed by atoms with Crippen molar-refractivity contribution in [1.82, 2.24) is 10.3 Å². The number of thiazole rings is 1. The summed E-state index contributed by atoms with van der Waals surface area (Å²) in [4.78, 5) is 4.25. The van der Waals surface area contributed by atoms with E-state index in [0.717, 1.165) is 18.8 Å². The van der Waals surface area contributed by atoms with Crippen molar-refractivity contribution >= 4 is 11.3 Å². The van der Waals surface area contributed by atoms with E-state index in [1.165, 1.54) is 19.3 Å². The molecule has 2 unspecified atom stereocenters. The van der Waals surface area contributed by atoms with Crippen molar-refractivity contribution in [3.8, 4) is 0 Å². The zero-order chi connectivity index (χ0) is 9.80. The van der Waals surface area contributed by atoms with Gasteiger partial charge in [0.1, 0.15) is 0 Å². The predicted octanol–water partition coefficient (Wildman–Crippen LogP) is 1.36. The molecule has 3 N–H and O–H groups in total. The highest BCUT2D eigenvalue weighted by molar-refractivity contribution is 7.07. The number of aromatic nitrogens is 1. The van der Waals surface area contributed by atoms with Crippen molar-refractivity contribution in [2.24, 2.45) is 11.7 Å². The first-order valence-corrected chi connectivity index (χ1v) is 6.15. The average Bonchev–Trinajstić information content (AvgIpc) is 2.85. The quantitative estimate of drug-likeness (QED) is 0.790. The van der Waals surface area contributed by atoms with E-state index in [9.17, 15) is 0 Å². The molecular formula is C10H17N3S. The van der Waals surface area contributed by atoms with Gasteiger partial charge in [-0.1, -0.05) is 6.42 Å². The van der Waals surface area contributed by atoms with E-state index in [0.29, 0.717) is 12.0 Å². The maximum Gasteiger partial charge on any atom is 0.0795 e. The predicted molar refractivity (Wildman–Crippen MR) is 59.1 cm³/mol. The van der Waals surface area contributed by atoms with Crippen LogP contribution in [0.4, 0.5) is 0 Å². The largest absolute Gasteiger partial charge is 0.330 e. The van der Waals surface area contributed by atoms with Gasteiger partial charge in [-0.3, -0.25) is 0 Å². The van der Waals surface area contributed by atoms with Crippen LogP contribution in [-0.4, -0.2) is 17.6 Å². The lowest BCUT2D eigenvalue weighted by atomic mass is 10.0. The summed E-state index contributed by atoms with van der Waals surface area (Å²) in [7, 11) is 0. The van der Waals surface area contributed by atoms with Gasteiger partial charge < -0.3 is 11.1 Å². The lowest BCUT2D eigenvalue weighted by molar-refractivity contribution is 0.405. The fraction of sp³-hybridized carbons (Fsp3) is 0.700. The molecule has 0 amide bonds. The third kappa shape index (κ3) is 2.32. The second-order valence-electron chi connectivity index (χ2n) is 3.89. The van der Waals surface area contributed by atoms with E-state index < -0.39 is 0 Å². The van der Waals surface area contributed by atoms with Crippen molar-refractivity contribution in [2.75, 3.05) is 6.54 Å². The Hall–Kier alpha value is -0.450. The summed E-state index contributed by atoms with van der Waals surface area (Å²) in [5, 5.41) is 5.65. The van der Waals surface area contributed by atoms with Gasteiger partial charge in [0.05, 0.1) is 11.2 Å². The first-order chi connectivity index (χ1) is 6.90. The monoisotopic (exact) mass is 211 g/mol. The van der Waals surface area contributed by atoms with Crippen molar-refractivity contribution in [3.63, 3.8) is 0 Å². The van der Waals surface area contributed by atoms with Crippen LogP contribution in [0.1, 0.15) is 25.0 Å². The Morgan fingerprint density at radius 1 is 1.57 bits per heavy atom. The molecule has 0 bridgehead atoms. The van der Waals surface area contributed by atoms with E-state index >= 15 is 0 Å². The van der Waals surface area contributed by atoms with Gasteiger partial charge in [0.15, 0.2) is 0 Å². The minimum atomic E-state index is 0.613. The molecule has 0 aliphatic heterocycles. The summed E-state index contributed by atoms with van der Waals surface area (Å²) in [5.74, 6) is 0.675. The Balaban J connectivity index is 1.80. The van der Waals surface area contributed by atoms with Gasteiger partial charge in [0, 0.05) is 18.0 Å². The van der Waals surface area contributed by atoms with Crippen molar-refractivity contribution < 1.29 is 0 Å². The van der Waals surface area contributed by atoms with Crippen LogP contribution in [0.2, 0.25) is 0 Å². The molecule has 2 atom stereocenters. The number of nitrogens with zero attached hydrogens (tertiary/aromatic N) is 1. The lowest BCUT2D eigenvalue weighted by Crippen LogP contribution is -2.35. The second kappa shape index (κ2) is 4.87. The molecule has 1 heterocycles. The van der Waals surface area contributed by atoms with Crippen molar-refractivity contribution in [3.05, 3.63) is 16.6 Å². The van der Waals surface area contributed by atoms with Crippen molar-refractivity contribution in [1.29, 1.82) is 0 Å². The normalized spacial score (nSPS) is 26.9. The molecule has 1 aliphatic carbocycles. The van der Waals surface area contributed by atoms with Gasteiger partial charge in [-0.15, -0.1) is 11.3 Å². The van der Waals surface area contributed by atoms with Crippen LogP contribution in [-0.2, 0) is 6.54 Å². The molecule has 1 saturated carbocycles. The molecule has 14 heavy (non-hydrogen) atoms. The third-order valence-electron chi connectivity index (χ3n) is 2.99. The molecule has 0 radical (unpaired) electrons. The fourth-order valence-corrected chi connectivity index (χ4v) is 2.71. The Morgan fingerprint density at radius 2 is 2.50 bits per heavy atom. The minimum Gasteiger partial charge on any atom is -0.330 e. The van der Waals surface area contributed by atoms with E-state index in [4.69, 9.17) is 5.73 Å². The second-order valence-corrected chi connectivity index (χ2v) is 4.61. The van der Waals surface area contributed by atoms with Crippen molar-refractivity contribution in [2.45, 2.75) is 31.8 Å². The highest BCUT2D eigenvalue weighted by atomic mass is 32.1. The number of hydrogen-bond donors (Lipinski definition) is 2. The van der Waals surface area contributed by atoms with Gasteiger partial charge in [-0.05, 0) is 25.3 Å².